The highest BCUT2D eigenvalue weighted by Crippen LogP contribution is 2.19. The van der Waals surface area contributed by atoms with Crippen molar-refractivity contribution in [2.45, 2.75) is 26.3 Å². The third kappa shape index (κ3) is 3.65. The lowest BCUT2D eigenvalue weighted by Gasteiger charge is -2.17. The minimum Gasteiger partial charge on any atom is -0.324 e. The van der Waals surface area contributed by atoms with E-state index in [1.165, 1.54) is 16.7 Å². The van der Waals surface area contributed by atoms with Crippen molar-refractivity contribution in [2.24, 2.45) is 5.73 Å². The molecule has 1 aromatic carbocycles. The van der Waals surface area contributed by atoms with Gasteiger partial charge in [0.25, 0.3) is 0 Å². The first-order valence-electron chi connectivity index (χ1n) is 5.48. The molecule has 0 heterocycles. The minimum absolute atomic E-state index is 0.160. The number of nitrogens with two attached hydrogens (primary N) is 1. The van der Waals surface area contributed by atoms with E-state index in [4.69, 9.17) is 5.73 Å². The van der Waals surface area contributed by atoms with Crippen molar-refractivity contribution in [1.82, 2.24) is 4.90 Å². The van der Waals surface area contributed by atoms with Crippen LogP contribution in [0.2, 0.25) is 0 Å². The molecule has 2 N–H and O–H groups in total. The average molecular weight is 206 g/mol. The molecule has 0 aliphatic rings. The molecule has 1 atom stereocenters. The van der Waals surface area contributed by atoms with Crippen LogP contribution in [0.4, 0.5) is 0 Å². The Labute approximate surface area is 93.1 Å². The van der Waals surface area contributed by atoms with Gasteiger partial charge in [-0.2, -0.15) is 0 Å². The summed E-state index contributed by atoms with van der Waals surface area (Å²) in [4.78, 5) is 2.17. The van der Waals surface area contributed by atoms with E-state index in [1.54, 1.807) is 0 Å². The number of benzene rings is 1. The van der Waals surface area contributed by atoms with E-state index in [-0.39, 0.29) is 6.04 Å². The second kappa shape index (κ2) is 5.29. The van der Waals surface area contributed by atoms with Gasteiger partial charge in [0, 0.05) is 6.04 Å². The maximum absolute atomic E-state index is 6.17. The second-order valence-electron chi connectivity index (χ2n) is 4.56. The van der Waals surface area contributed by atoms with Crippen LogP contribution in [0.1, 0.15) is 29.2 Å². The Hall–Kier alpha value is -0.860. The van der Waals surface area contributed by atoms with Gasteiger partial charge < -0.3 is 10.6 Å². The maximum Gasteiger partial charge on any atom is 0.0309 e. The van der Waals surface area contributed by atoms with Gasteiger partial charge in [-0.05, 0) is 52.0 Å². The first kappa shape index (κ1) is 12.2. The fraction of sp³-hybridized carbons (Fsp3) is 0.538. The zero-order chi connectivity index (χ0) is 11.4. The molecule has 1 rings (SSSR count). The molecular formula is C13H22N2. The molecular weight excluding hydrogens is 184 g/mol. The molecule has 0 aromatic heterocycles. The van der Waals surface area contributed by atoms with Crippen molar-refractivity contribution in [1.29, 1.82) is 0 Å². The maximum atomic E-state index is 6.17. The molecule has 0 bridgehead atoms. The number of rotatable bonds is 4. The predicted octanol–water partition coefficient (Wildman–Crippen LogP) is 2.25. The van der Waals surface area contributed by atoms with E-state index < -0.39 is 0 Å². The molecule has 0 amide bonds. The van der Waals surface area contributed by atoms with Crippen LogP contribution in [0, 0.1) is 13.8 Å². The Kier molecular flexibility index (Phi) is 4.30. The average Bonchev–Trinajstić information content (AvgIpc) is 2.14. The summed E-state index contributed by atoms with van der Waals surface area (Å²) in [6.07, 6.45) is 1.01. The van der Waals surface area contributed by atoms with E-state index in [9.17, 15) is 0 Å². The van der Waals surface area contributed by atoms with Crippen molar-refractivity contribution < 1.29 is 0 Å². The van der Waals surface area contributed by atoms with Gasteiger partial charge in [-0.25, -0.2) is 0 Å². The molecule has 15 heavy (non-hydrogen) atoms. The summed E-state index contributed by atoms with van der Waals surface area (Å²) in [5.74, 6) is 0. The Balaban J connectivity index is 2.69. The van der Waals surface area contributed by atoms with E-state index >= 15 is 0 Å². The summed E-state index contributed by atoms with van der Waals surface area (Å²) >= 11 is 0. The van der Waals surface area contributed by atoms with Crippen LogP contribution < -0.4 is 5.73 Å². The van der Waals surface area contributed by atoms with Crippen LogP contribution in [0.5, 0.6) is 0 Å². The molecule has 84 valence electrons. The number of hydrogen-bond acceptors (Lipinski definition) is 2. The summed E-state index contributed by atoms with van der Waals surface area (Å²) in [6.45, 7) is 5.29. The van der Waals surface area contributed by atoms with Gasteiger partial charge in [0.2, 0.25) is 0 Å². The molecule has 0 aliphatic heterocycles. The van der Waals surface area contributed by atoms with Gasteiger partial charge in [0.05, 0.1) is 0 Å². The number of nitrogens with zero attached hydrogens (tertiary/aromatic N) is 1. The van der Waals surface area contributed by atoms with Crippen molar-refractivity contribution in [3.63, 3.8) is 0 Å². The number of hydrogen-bond donors (Lipinski definition) is 1. The largest absolute Gasteiger partial charge is 0.324 e. The lowest BCUT2D eigenvalue weighted by molar-refractivity contribution is 0.382. The smallest absolute Gasteiger partial charge is 0.0309 e. The highest BCUT2D eigenvalue weighted by molar-refractivity contribution is 5.32. The highest BCUT2D eigenvalue weighted by Gasteiger charge is 2.08. The molecule has 0 saturated carbocycles. The monoisotopic (exact) mass is 206 g/mol. The van der Waals surface area contributed by atoms with E-state index in [0.717, 1.165) is 13.0 Å². The Morgan fingerprint density at radius 3 is 2.47 bits per heavy atom. The van der Waals surface area contributed by atoms with Gasteiger partial charge in [-0.1, -0.05) is 23.8 Å². The molecule has 0 aliphatic carbocycles. The fourth-order valence-electron chi connectivity index (χ4n) is 1.79. The molecule has 0 radical (unpaired) electrons. The van der Waals surface area contributed by atoms with Crippen molar-refractivity contribution >= 4 is 0 Å². The zero-order valence-electron chi connectivity index (χ0n) is 10.2. The van der Waals surface area contributed by atoms with Crippen LogP contribution in [0.3, 0.4) is 0 Å². The molecule has 0 spiro atoms. The Bertz CT molecular complexity index is 318. The molecule has 0 saturated heterocycles. The molecule has 1 aromatic rings. The quantitative estimate of drug-likeness (QED) is 0.818. The van der Waals surface area contributed by atoms with Gasteiger partial charge in [-0.3, -0.25) is 0 Å². The predicted molar refractivity (Wildman–Crippen MR) is 66.0 cm³/mol. The van der Waals surface area contributed by atoms with E-state index in [2.05, 4.69) is 51.0 Å². The normalized spacial score (nSPS) is 13.2. The topological polar surface area (TPSA) is 29.3 Å². The van der Waals surface area contributed by atoms with Gasteiger partial charge in [0.1, 0.15) is 0 Å². The van der Waals surface area contributed by atoms with Crippen LogP contribution in [-0.2, 0) is 0 Å². The standard InChI is InChI=1S/C13H22N2/c1-10-5-6-12(11(2)9-10)13(14)7-8-15(3)4/h5-6,9,13H,7-8,14H2,1-4H3. The second-order valence-corrected chi connectivity index (χ2v) is 4.56. The number of aryl methyl sites for hydroxylation is 2. The molecule has 1 unspecified atom stereocenters. The fourth-order valence-corrected chi connectivity index (χ4v) is 1.79. The molecule has 2 heteroatoms. The van der Waals surface area contributed by atoms with E-state index in [1.807, 2.05) is 0 Å². The summed E-state index contributed by atoms with van der Waals surface area (Å²) in [7, 11) is 4.16. The zero-order valence-corrected chi connectivity index (χ0v) is 10.2. The summed E-state index contributed by atoms with van der Waals surface area (Å²) < 4.78 is 0. The summed E-state index contributed by atoms with van der Waals surface area (Å²) in [5, 5.41) is 0. The SMILES string of the molecule is Cc1ccc(C(N)CCN(C)C)c(C)c1. The minimum atomic E-state index is 0.160. The van der Waals surface area contributed by atoms with Crippen LogP contribution in [0.25, 0.3) is 0 Å². The summed E-state index contributed by atoms with van der Waals surface area (Å²) in [6, 6.07) is 6.65. The van der Waals surface area contributed by atoms with Gasteiger partial charge in [0.15, 0.2) is 0 Å². The van der Waals surface area contributed by atoms with Crippen molar-refractivity contribution in [3.05, 3.63) is 34.9 Å². The third-order valence-electron chi connectivity index (χ3n) is 2.71. The van der Waals surface area contributed by atoms with Crippen molar-refractivity contribution in [2.75, 3.05) is 20.6 Å². The first-order chi connectivity index (χ1) is 7.00. The van der Waals surface area contributed by atoms with Crippen LogP contribution >= 0.6 is 0 Å². The molecule has 2 nitrogen and oxygen atoms in total. The third-order valence-corrected chi connectivity index (χ3v) is 2.71. The van der Waals surface area contributed by atoms with Crippen LogP contribution in [-0.4, -0.2) is 25.5 Å². The Morgan fingerprint density at radius 2 is 1.93 bits per heavy atom. The van der Waals surface area contributed by atoms with Gasteiger partial charge >= 0.3 is 0 Å². The summed E-state index contributed by atoms with van der Waals surface area (Å²) in [5.41, 5.74) is 10.1. The van der Waals surface area contributed by atoms with Gasteiger partial charge in [-0.15, -0.1) is 0 Å². The highest BCUT2D eigenvalue weighted by atomic mass is 15.0. The van der Waals surface area contributed by atoms with E-state index in [0.29, 0.717) is 0 Å². The lowest BCUT2D eigenvalue weighted by Crippen LogP contribution is -2.20. The lowest BCUT2D eigenvalue weighted by atomic mass is 9.98. The first-order valence-corrected chi connectivity index (χ1v) is 5.48. The Morgan fingerprint density at radius 1 is 1.27 bits per heavy atom. The molecule has 0 fully saturated rings. The van der Waals surface area contributed by atoms with Crippen LogP contribution in [0.15, 0.2) is 18.2 Å². The van der Waals surface area contributed by atoms with Crippen molar-refractivity contribution in [3.8, 4) is 0 Å².